The van der Waals surface area contributed by atoms with E-state index in [2.05, 4.69) is 20.6 Å². The van der Waals surface area contributed by atoms with Gasteiger partial charge in [0.1, 0.15) is 5.69 Å². The predicted molar refractivity (Wildman–Crippen MR) is 118 cm³/mol. The Labute approximate surface area is 192 Å². The van der Waals surface area contributed by atoms with Gasteiger partial charge in [0.25, 0.3) is 5.89 Å². The van der Waals surface area contributed by atoms with E-state index in [9.17, 15) is 18.0 Å². The lowest BCUT2D eigenvalue weighted by Crippen LogP contribution is -2.37. The lowest BCUT2D eigenvalue weighted by Gasteiger charge is -2.10. The van der Waals surface area contributed by atoms with Crippen LogP contribution in [0.5, 0.6) is 0 Å². The fraction of sp³-hybridized carbons (Fsp3) is 0.217. The number of carbonyl (C=O) groups excluding carboxylic acids is 1. The van der Waals surface area contributed by atoms with E-state index in [1.165, 1.54) is 0 Å². The minimum absolute atomic E-state index is 0.0181. The van der Waals surface area contributed by atoms with Crippen LogP contribution in [0.25, 0.3) is 28.7 Å². The minimum Gasteiger partial charge on any atom is -0.415 e. The fourth-order valence-electron chi connectivity index (χ4n) is 3.24. The Bertz CT molecular complexity index is 1330. The molecule has 0 bridgehead atoms. The second-order valence-corrected chi connectivity index (χ2v) is 7.78. The summed E-state index contributed by atoms with van der Waals surface area (Å²) in [7, 11) is 0. The molecule has 0 aliphatic carbocycles. The van der Waals surface area contributed by atoms with Crippen molar-refractivity contribution in [3.8, 4) is 28.7 Å². The van der Waals surface area contributed by atoms with Crippen molar-refractivity contribution in [1.29, 1.82) is 0 Å². The van der Waals surface area contributed by atoms with Crippen LogP contribution >= 0.6 is 0 Å². The molecule has 2 aromatic carbocycles. The monoisotopic (exact) mass is 470 g/mol. The number of aryl methyl sites for hydroxylation is 1. The smallest absolute Gasteiger partial charge is 0.415 e. The van der Waals surface area contributed by atoms with Crippen molar-refractivity contribution in [1.82, 2.24) is 25.3 Å². The molecule has 0 radical (unpaired) electrons. The fourth-order valence-corrected chi connectivity index (χ4v) is 3.24. The number of hydrogen-bond donors (Lipinski definition) is 2. The van der Waals surface area contributed by atoms with E-state index < -0.39 is 17.9 Å². The highest BCUT2D eigenvalue weighted by molar-refractivity contribution is 5.80. The molecule has 3 N–H and O–H groups in total. The third kappa shape index (κ3) is 4.99. The number of halogens is 3. The molecule has 4 aromatic rings. The first-order valence-corrected chi connectivity index (χ1v) is 10.3. The summed E-state index contributed by atoms with van der Waals surface area (Å²) in [6, 6.07) is 14.0. The highest BCUT2D eigenvalue weighted by Gasteiger charge is 2.36. The lowest BCUT2D eigenvalue weighted by atomic mass is 10.1. The molecule has 2 aromatic heterocycles. The third-order valence-corrected chi connectivity index (χ3v) is 4.94. The molecule has 0 saturated heterocycles. The Morgan fingerprint density at radius 3 is 2.56 bits per heavy atom. The maximum Gasteiger partial charge on any atom is 0.435 e. The van der Waals surface area contributed by atoms with Gasteiger partial charge in [-0.2, -0.15) is 18.3 Å². The number of aromatic nitrogens is 4. The molecule has 176 valence electrons. The zero-order chi connectivity index (χ0) is 24.5. The van der Waals surface area contributed by atoms with Crippen LogP contribution < -0.4 is 11.1 Å². The van der Waals surface area contributed by atoms with E-state index in [1.54, 1.807) is 37.3 Å². The van der Waals surface area contributed by atoms with Gasteiger partial charge in [-0.15, -0.1) is 10.2 Å². The van der Waals surface area contributed by atoms with Gasteiger partial charge in [-0.25, -0.2) is 4.68 Å². The Morgan fingerprint density at radius 2 is 1.85 bits per heavy atom. The molecular weight excluding hydrogens is 449 g/mol. The first-order chi connectivity index (χ1) is 16.1. The van der Waals surface area contributed by atoms with Gasteiger partial charge in [0.05, 0.1) is 11.7 Å². The number of benzene rings is 2. The van der Waals surface area contributed by atoms with Crippen LogP contribution in [0.1, 0.15) is 23.7 Å². The molecule has 0 saturated carbocycles. The summed E-state index contributed by atoms with van der Waals surface area (Å²) in [6.07, 6.45) is -4.68. The summed E-state index contributed by atoms with van der Waals surface area (Å²) in [5.41, 5.74) is 7.01. The highest BCUT2D eigenvalue weighted by Crippen LogP contribution is 2.34. The van der Waals surface area contributed by atoms with Crippen LogP contribution in [0.3, 0.4) is 0 Å². The van der Waals surface area contributed by atoms with Gasteiger partial charge >= 0.3 is 6.18 Å². The number of nitrogens with two attached hydrogens (primary N) is 1. The van der Waals surface area contributed by atoms with Crippen LogP contribution in [0, 0.1) is 6.92 Å². The maximum absolute atomic E-state index is 13.5. The quantitative estimate of drug-likeness (QED) is 0.442. The summed E-state index contributed by atoms with van der Waals surface area (Å²) >= 11 is 0. The molecule has 0 aliphatic heterocycles. The summed E-state index contributed by atoms with van der Waals surface area (Å²) in [5, 5.41) is 14.4. The zero-order valence-electron chi connectivity index (χ0n) is 18.3. The average Bonchev–Trinajstić information content (AvgIpc) is 3.45. The highest BCUT2D eigenvalue weighted by atomic mass is 19.4. The Balaban J connectivity index is 1.73. The van der Waals surface area contributed by atoms with Crippen molar-refractivity contribution >= 4 is 5.91 Å². The molecule has 0 fully saturated rings. The van der Waals surface area contributed by atoms with Crippen LogP contribution in [0.15, 0.2) is 59.0 Å². The predicted octanol–water partition coefficient (Wildman–Crippen LogP) is 3.88. The molecule has 1 atom stereocenters. The molecular formula is C23H21F3N6O2. The number of nitrogens with zero attached hydrogens (tertiary/aromatic N) is 4. The SMILES string of the molecule is Cc1cccc(-c2nnc(-c3cc(C(F)(F)F)nn3-c3cccc(CNC(=O)[C@H](C)N)c3)o2)c1. The standard InChI is InChI=1S/C23H21F3N6O2/c1-13-5-3-7-16(9-13)21-29-30-22(34-21)18-11-19(23(24,25)26)31-32(18)17-8-4-6-15(10-17)12-28-20(33)14(2)27/h3-11,14H,12,27H2,1-2H3,(H,28,33)/t14-/m0/s1. The van der Waals surface area contributed by atoms with Gasteiger partial charge in [-0.1, -0.05) is 29.8 Å². The van der Waals surface area contributed by atoms with Crippen LogP contribution in [0.2, 0.25) is 0 Å². The van der Waals surface area contributed by atoms with Crippen molar-refractivity contribution in [3.63, 3.8) is 0 Å². The van der Waals surface area contributed by atoms with Crippen LogP contribution in [-0.2, 0) is 17.5 Å². The minimum atomic E-state index is -4.68. The topological polar surface area (TPSA) is 112 Å². The first-order valence-electron chi connectivity index (χ1n) is 10.3. The Hall–Kier alpha value is -3.99. The number of amides is 1. The molecule has 4 rings (SSSR count). The van der Waals surface area contributed by atoms with E-state index in [-0.39, 0.29) is 29.9 Å². The number of alkyl halides is 3. The molecule has 11 heteroatoms. The van der Waals surface area contributed by atoms with Crippen LogP contribution in [0.4, 0.5) is 13.2 Å². The Kier molecular flexibility index (Phi) is 6.20. The van der Waals surface area contributed by atoms with Crippen molar-refractivity contribution in [3.05, 3.63) is 71.4 Å². The molecule has 0 unspecified atom stereocenters. The Morgan fingerprint density at radius 1 is 1.12 bits per heavy atom. The van der Waals surface area contributed by atoms with E-state index in [1.807, 2.05) is 25.1 Å². The average molecular weight is 470 g/mol. The van der Waals surface area contributed by atoms with Gasteiger partial charge in [0.2, 0.25) is 11.8 Å². The van der Waals surface area contributed by atoms with Crippen molar-refractivity contribution in [2.75, 3.05) is 0 Å². The van der Waals surface area contributed by atoms with E-state index in [0.29, 0.717) is 16.8 Å². The molecule has 34 heavy (non-hydrogen) atoms. The van der Waals surface area contributed by atoms with Crippen molar-refractivity contribution in [2.24, 2.45) is 5.73 Å². The van der Waals surface area contributed by atoms with Gasteiger partial charge < -0.3 is 15.5 Å². The lowest BCUT2D eigenvalue weighted by molar-refractivity contribution is -0.141. The van der Waals surface area contributed by atoms with E-state index in [4.69, 9.17) is 10.2 Å². The van der Waals surface area contributed by atoms with Gasteiger partial charge in [-0.3, -0.25) is 4.79 Å². The number of rotatable bonds is 6. The van der Waals surface area contributed by atoms with E-state index >= 15 is 0 Å². The van der Waals surface area contributed by atoms with Gasteiger partial charge in [0, 0.05) is 18.2 Å². The second kappa shape index (κ2) is 9.10. The van der Waals surface area contributed by atoms with E-state index in [0.717, 1.165) is 16.3 Å². The third-order valence-electron chi connectivity index (χ3n) is 4.94. The largest absolute Gasteiger partial charge is 0.435 e. The summed E-state index contributed by atoms with van der Waals surface area (Å²) in [5.74, 6) is -0.290. The summed E-state index contributed by atoms with van der Waals surface area (Å²) in [4.78, 5) is 11.8. The van der Waals surface area contributed by atoms with Crippen LogP contribution in [-0.4, -0.2) is 31.9 Å². The molecule has 0 aliphatic rings. The zero-order valence-corrected chi connectivity index (χ0v) is 18.3. The summed E-state index contributed by atoms with van der Waals surface area (Å²) < 4.78 is 47.3. The number of carbonyl (C=O) groups is 1. The molecule has 1 amide bonds. The molecule has 0 spiro atoms. The van der Waals surface area contributed by atoms with Gasteiger partial charge in [0.15, 0.2) is 5.69 Å². The first kappa shape index (κ1) is 23.2. The van der Waals surface area contributed by atoms with Gasteiger partial charge in [-0.05, 0) is 43.7 Å². The molecule has 8 nitrogen and oxygen atoms in total. The normalized spacial score (nSPS) is 12.5. The van der Waals surface area contributed by atoms with Crippen molar-refractivity contribution < 1.29 is 22.4 Å². The second-order valence-electron chi connectivity index (χ2n) is 7.78. The molecule has 2 heterocycles. The number of hydrogen-bond acceptors (Lipinski definition) is 6. The number of nitrogens with one attached hydrogen (secondary N) is 1. The summed E-state index contributed by atoms with van der Waals surface area (Å²) in [6.45, 7) is 3.60. The van der Waals surface area contributed by atoms with Crippen molar-refractivity contribution in [2.45, 2.75) is 32.6 Å². The maximum atomic E-state index is 13.5.